The first-order valence-electron chi connectivity index (χ1n) is 6.43. The Kier molecular flexibility index (Phi) is 5.67. The molecule has 7 heteroatoms. The predicted octanol–water partition coefficient (Wildman–Crippen LogP) is 2.37. The van der Waals surface area contributed by atoms with Gasteiger partial charge in [0.15, 0.2) is 0 Å². The van der Waals surface area contributed by atoms with E-state index in [1.165, 1.54) is 30.2 Å². The van der Waals surface area contributed by atoms with Gasteiger partial charge in [-0.1, -0.05) is 6.07 Å². The van der Waals surface area contributed by atoms with E-state index >= 15 is 0 Å². The number of nitro groups is 1. The lowest BCUT2D eigenvalue weighted by Gasteiger charge is -2.26. The zero-order valence-corrected chi connectivity index (χ0v) is 12.2. The fraction of sp³-hybridized carbons (Fsp3) is 0.429. The maximum absolute atomic E-state index is 12.6. The number of amides is 1. The number of benzene rings is 1. The summed E-state index contributed by atoms with van der Waals surface area (Å²) < 4.78 is 5.04. The van der Waals surface area contributed by atoms with Crippen molar-refractivity contribution in [2.75, 3.05) is 13.7 Å². The van der Waals surface area contributed by atoms with Crippen LogP contribution in [0.15, 0.2) is 18.2 Å². The van der Waals surface area contributed by atoms with Crippen LogP contribution in [0.1, 0.15) is 30.6 Å². The van der Waals surface area contributed by atoms with Crippen LogP contribution in [-0.2, 0) is 0 Å². The van der Waals surface area contributed by atoms with Gasteiger partial charge in [0.2, 0.25) is 5.75 Å². The van der Waals surface area contributed by atoms with E-state index in [1.807, 2.05) is 19.9 Å². The quantitative estimate of drug-likeness (QED) is 0.592. The molecule has 7 nitrogen and oxygen atoms in total. The minimum Gasteiger partial charge on any atom is -0.490 e. The highest BCUT2D eigenvalue weighted by Crippen LogP contribution is 2.31. The van der Waals surface area contributed by atoms with Crippen LogP contribution in [0, 0.1) is 21.4 Å². The molecule has 0 N–H and O–H groups in total. The molecule has 0 aliphatic heterocycles. The Morgan fingerprint density at radius 3 is 2.67 bits per heavy atom. The first kappa shape index (κ1) is 16.4. The Balaban J connectivity index is 3.25. The lowest BCUT2D eigenvalue weighted by molar-refractivity contribution is -0.385. The lowest BCUT2D eigenvalue weighted by Crippen LogP contribution is -2.37. The summed E-state index contributed by atoms with van der Waals surface area (Å²) >= 11 is 0. The standard InChI is InChI=1S/C14H17N3O4/c1-10(2)16(9-5-8-15)14(18)11-6-4-7-12(17(19)20)13(11)21-3/h4,6-7,10H,5,9H2,1-3H3. The molecule has 0 saturated carbocycles. The van der Waals surface area contributed by atoms with Gasteiger partial charge in [0.25, 0.3) is 5.91 Å². The Morgan fingerprint density at radius 2 is 2.19 bits per heavy atom. The summed E-state index contributed by atoms with van der Waals surface area (Å²) in [5.74, 6) is -0.448. The number of rotatable bonds is 6. The van der Waals surface area contributed by atoms with Crippen molar-refractivity contribution >= 4 is 11.6 Å². The molecule has 0 radical (unpaired) electrons. The molecule has 0 unspecified atom stereocenters. The number of hydrogen-bond acceptors (Lipinski definition) is 5. The van der Waals surface area contributed by atoms with Crippen molar-refractivity contribution in [1.82, 2.24) is 4.90 Å². The summed E-state index contributed by atoms with van der Waals surface area (Å²) in [6.45, 7) is 3.90. The number of para-hydroxylation sites is 1. The van der Waals surface area contributed by atoms with Crippen molar-refractivity contribution in [2.45, 2.75) is 26.3 Å². The third-order valence-electron chi connectivity index (χ3n) is 2.97. The van der Waals surface area contributed by atoms with Gasteiger partial charge in [-0.15, -0.1) is 0 Å². The number of nitrogens with zero attached hydrogens (tertiary/aromatic N) is 3. The van der Waals surface area contributed by atoms with E-state index in [1.54, 1.807) is 0 Å². The van der Waals surface area contributed by atoms with Gasteiger partial charge in [-0.3, -0.25) is 14.9 Å². The van der Waals surface area contributed by atoms with Gasteiger partial charge in [0.05, 0.1) is 30.1 Å². The van der Waals surface area contributed by atoms with E-state index in [-0.39, 0.29) is 41.9 Å². The summed E-state index contributed by atoms with van der Waals surface area (Å²) in [7, 11) is 1.29. The number of nitriles is 1. The number of carbonyl (C=O) groups is 1. The second-order valence-electron chi connectivity index (χ2n) is 4.62. The minimum absolute atomic E-state index is 0.0601. The Hall–Kier alpha value is -2.62. The van der Waals surface area contributed by atoms with Gasteiger partial charge in [0.1, 0.15) is 0 Å². The van der Waals surface area contributed by atoms with Gasteiger partial charge in [-0.25, -0.2) is 0 Å². The number of hydrogen-bond donors (Lipinski definition) is 0. The van der Waals surface area contributed by atoms with E-state index in [4.69, 9.17) is 10.00 Å². The molecule has 1 aromatic rings. The number of carbonyl (C=O) groups excluding carboxylic acids is 1. The molecule has 0 spiro atoms. The molecule has 1 rings (SSSR count). The zero-order chi connectivity index (χ0) is 16.0. The fourth-order valence-electron chi connectivity index (χ4n) is 1.97. The monoisotopic (exact) mass is 291 g/mol. The summed E-state index contributed by atoms with van der Waals surface area (Å²) in [5, 5.41) is 19.7. The lowest BCUT2D eigenvalue weighted by atomic mass is 10.1. The molecular formula is C14H17N3O4. The predicted molar refractivity (Wildman–Crippen MR) is 76.1 cm³/mol. The van der Waals surface area contributed by atoms with Crippen molar-refractivity contribution < 1.29 is 14.5 Å². The molecule has 1 amide bonds. The Morgan fingerprint density at radius 1 is 1.52 bits per heavy atom. The third-order valence-corrected chi connectivity index (χ3v) is 2.97. The second kappa shape index (κ2) is 7.24. The van der Waals surface area contributed by atoms with Crippen molar-refractivity contribution in [2.24, 2.45) is 0 Å². The molecule has 0 fully saturated rings. The normalized spacial score (nSPS) is 10.0. The molecule has 0 aromatic heterocycles. The summed E-state index contributed by atoms with van der Waals surface area (Å²) in [5.41, 5.74) is -0.134. The van der Waals surface area contributed by atoms with Crippen LogP contribution in [0.25, 0.3) is 0 Å². The second-order valence-corrected chi connectivity index (χ2v) is 4.62. The summed E-state index contributed by atoms with van der Waals surface area (Å²) in [4.78, 5) is 24.4. The maximum atomic E-state index is 12.6. The zero-order valence-electron chi connectivity index (χ0n) is 12.2. The first-order valence-corrected chi connectivity index (χ1v) is 6.43. The average Bonchev–Trinajstić information content (AvgIpc) is 2.45. The number of methoxy groups -OCH3 is 1. The molecule has 0 aliphatic carbocycles. The van der Waals surface area contributed by atoms with Crippen LogP contribution in [-0.4, -0.2) is 35.4 Å². The van der Waals surface area contributed by atoms with E-state index in [0.717, 1.165) is 0 Å². The highest BCUT2D eigenvalue weighted by molar-refractivity contribution is 5.98. The smallest absolute Gasteiger partial charge is 0.311 e. The maximum Gasteiger partial charge on any atom is 0.311 e. The molecule has 0 bridgehead atoms. The molecular weight excluding hydrogens is 274 g/mol. The van der Waals surface area contributed by atoms with Crippen molar-refractivity contribution in [3.05, 3.63) is 33.9 Å². The van der Waals surface area contributed by atoms with E-state index in [9.17, 15) is 14.9 Å². The number of nitro benzene ring substituents is 1. The highest BCUT2D eigenvalue weighted by atomic mass is 16.6. The van der Waals surface area contributed by atoms with Crippen molar-refractivity contribution in [3.63, 3.8) is 0 Å². The molecule has 0 aliphatic rings. The Bertz CT molecular complexity index is 578. The van der Waals surface area contributed by atoms with Gasteiger partial charge < -0.3 is 9.64 Å². The van der Waals surface area contributed by atoms with Crippen LogP contribution >= 0.6 is 0 Å². The van der Waals surface area contributed by atoms with Gasteiger partial charge >= 0.3 is 5.69 Å². The molecule has 112 valence electrons. The SMILES string of the molecule is COc1c(C(=O)N(CCC#N)C(C)C)cccc1[N+](=O)[O-]. The fourth-order valence-corrected chi connectivity index (χ4v) is 1.97. The minimum atomic E-state index is -0.593. The van der Waals surface area contributed by atoms with E-state index < -0.39 is 4.92 Å². The molecule has 0 saturated heterocycles. The van der Waals surface area contributed by atoms with Gasteiger partial charge in [0, 0.05) is 18.7 Å². The van der Waals surface area contributed by atoms with Crippen LogP contribution in [0.4, 0.5) is 5.69 Å². The Labute approximate surface area is 122 Å². The first-order chi connectivity index (χ1) is 9.93. The molecule has 0 heterocycles. The van der Waals surface area contributed by atoms with Crippen molar-refractivity contribution in [3.8, 4) is 11.8 Å². The van der Waals surface area contributed by atoms with Gasteiger partial charge in [-0.2, -0.15) is 5.26 Å². The topological polar surface area (TPSA) is 96.5 Å². The van der Waals surface area contributed by atoms with Crippen molar-refractivity contribution in [1.29, 1.82) is 5.26 Å². The number of ether oxygens (including phenoxy) is 1. The molecule has 0 atom stereocenters. The van der Waals surface area contributed by atoms with Crippen LogP contribution in [0.5, 0.6) is 5.75 Å². The summed E-state index contributed by atoms with van der Waals surface area (Å²) in [6.07, 6.45) is 0.196. The molecule has 1 aromatic carbocycles. The van der Waals surface area contributed by atoms with Gasteiger partial charge in [-0.05, 0) is 19.9 Å². The van der Waals surface area contributed by atoms with Crippen LogP contribution < -0.4 is 4.74 Å². The highest BCUT2D eigenvalue weighted by Gasteiger charge is 2.26. The van der Waals surface area contributed by atoms with Crippen LogP contribution in [0.2, 0.25) is 0 Å². The van der Waals surface area contributed by atoms with Crippen LogP contribution in [0.3, 0.4) is 0 Å². The van der Waals surface area contributed by atoms with E-state index in [2.05, 4.69) is 0 Å². The summed E-state index contributed by atoms with van der Waals surface area (Å²) in [6, 6.07) is 6.06. The largest absolute Gasteiger partial charge is 0.490 e. The molecule has 21 heavy (non-hydrogen) atoms. The third kappa shape index (κ3) is 3.69. The average molecular weight is 291 g/mol. The van der Waals surface area contributed by atoms with E-state index in [0.29, 0.717) is 0 Å².